The lowest BCUT2D eigenvalue weighted by Crippen LogP contribution is -2.36. The summed E-state index contributed by atoms with van der Waals surface area (Å²) in [6, 6.07) is 14.3. The third-order valence-corrected chi connectivity index (χ3v) is 6.48. The van der Waals surface area contributed by atoms with Crippen LogP contribution in [0.5, 0.6) is 0 Å². The molecule has 2 aromatic heterocycles. The molecule has 0 saturated carbocycles. The Morgan fingerprint density at radius 1 is 0.897 bits per heavy atom. The number of hydrogen-bond donors (Lipinski definition) is 4. The highest BCUT2D eigenvalue weighted by Gasteiger charge is 2.12. The fraction of sp³-hybridized carbons (Fsp3) is 0.276. The SMILES string of the molecule is CCN(CC)CCNC(=O)Nc1ccc(NC(=O)c2ccc(C)c(-c3cnc4nc(NC)ncc4c3)c2)cc1. The van der Waals surface area contributed by atoms with Gasteiger partial charge < -0.3 is 26.2 Å². The van der Waals surface area contributed by atoms with E-state index in [0.717, 1.165) is 41.7 Å². The van der Waals surface area contributed by atoms with Crippen LogP contribution in [0.1, 0.15) is 29.8 Å². The van der Waals surface area contributed by atoms with Crippen molar-refractivity contribution in [3.63, 3.8) is 0 Å². The molecule has 0 fully saturated rings. The summed E-state index contributed by atoms with van der Waals surface area (Å²) < 4.78 is 0. The number of amides is 3. The smallest absolute Gasteiger partial charge is 0.319 e. The summed E-state index contributed by atoms with van der Waals surface area (Å²) in [5.41, 5.74) is 5.18. The Bertz CT molecular complexity index is 1450. The van der Waals surface area contributed by atoms with Gasteiger partial charge in [-0.3, -0.25) is 4.79 Å². The van der Waals surface area contributed by atoms with Crippen molar-refractivity contribution in [2.75, 3.05) is 49.2 Å². The zero-order valence-corrected chi connectivity index (χ0v) is 22.7. The Morgan fingerprint density at radius 2 is 1.62 bits per heavy atom. The Labute approximate surface area is 228 Å². The molecule has 4 N–H and O–H groups in total. The number of urea groups is 1. The van der Waals surface area contributed by atoms with Crippen LogP contribution in [0.25, 0.3) is 22.2 Å². The highest BCUT2D eigenvalue weighted by Crippen LogP contribution is 2.27. The minimum Gasteiger partial charge on any atom is -0.357 e. The first-order valence-corrected chi connectivity index (χ1v) is 13.0. The van der Waals surface area contributed by atoms with E-state index in [4.69, 9.17) is 0 Å². The van der Waals surface area contributed by atoms with Crippen LogP contribution in [0.15, 0.2) is 60.9 Å². The Hall–Kier alpha value is -4.57. The number of benzene rings is 2. The lowest BCUT2D eigenvalue weighted by atomic mass is 9.98. The van der Waals surface area contributed by atoms with Crippen LogP contribution in [0.3, 0.4) is 0 Å². The number of rotatable bonds is 10. The molecular weight excluding hydrogens is 492 g/mol. The van der Waals surface area contributed by atoms with Gasteiger partial charge in [-0.05, 0) is 73.6 Å². The first-order chi connectivity index (χ1) is 18.9. The van der Waals surface area contributed by atoms with Gasteiger partial charge in [0.2, 0.25) is 5.95 Å². The predicted molar refractivity (Wildman–Crippen MR) is 156 cm³/mol. The lowest BCUT2D eigenvalue weighted by Gasteiger charge is -2.18. The van der Waals surface area contributed by atoms with Crippen molar-refractivity contribution >= 4 is 40.3 Å². The van der Waals surface area contributed by atoms with Gasteiger partial charge >= 0.3 is 6.03 Å². The van der Waals surface area contributed by atoms with E-state index in [9.17, 15) is 9.59 Å². The van der Waals surface area contributed by atoms with Gasteiger partial charge in [-0.25, -0.2) is 14.8 Å². The Morgan fingerprint density at radius 3 is 2.31 bits per heavy atom. The van der Waals surface area contributed by atoms with Crippen LogP contribution in [-0.2, 0) is 0 Å². The molecule has 4 aromatic rings. The van der Waals surface area contributed by atoms with Crippen molar-refractivity contribution in [1.29, 1.82) is 0 Å². The minimum absolute atomic E-state index is 0.234. The highest BCUT2D eigenvalue weighted by molar-refractivity contribution is 6.05. The normalized spacial score (nSPS) is 10.9. The van der Waals surface area contributed by atoms with Crippen LogP contribution in [0.4, 0.5) is 22.1 Å². The number of carbonyl (C=O) groups excluding carboxylic acids is 2. The van der Waals surface area contributed by atoms with Crippen LogP contribution < -0.4 is 21.3 Å². The molecular formula is C29H34N8O2. The average molecular weight is 527 g/mol. The van der Waals surface area contributed by atoms with Crippen LogP contribution in [0, 0.1) is 6.92 Å². The van der Waals surface area contributed by atoms with Crippen molar-refractivity contribution < 1.29 is 9.59 Å². The maximum Gasteiger partial charge on any atom is 0.319 e. The number of fused-ring (bicyclic) bond motifs is 1. The molecule has 3 amide bonds. The molecule has 4 rings (SSSR count). The van der Waals surface area contributed by atoms with Crippen LogP contribution in [0.2, 0.25) is 0 Å². The Kier molecular flexibility index (Phi) is 9.01. The van der Waals surface area contributed by atoms with Crippen LogP contribution in [-0.4, -0.2) is 65.0 Å². The molecule has 39 heavy (non-hydrogen) atoms. The molecule has 0 saturated heterocycles. The zero-order chi connectivity index (χ0) is 27.8. The average Bonchev–Trinajstić information content (AvgIpc) is 2.96. The molecule has 0 aliphatic rings. The summed E-state index contributed by atoms with van der Waals surface area (Å²) in [5, 5.41) is 12.3. The fourth-order valence-electron chi connectivity index (χ4n) is 4.15. The number of aromatic nitrogens is 3. The standard InChI is InChI=1S/C29H34N8O2/c1-5-37(6-2)14-13-31-29(39)35-24-11-9-23(10-12-24)34-27(38)20-8-7-19(3)25(16-20)21-15-22-18-33-28(30-4)36-26(22)32-17-21/h7-12,15-18H,5-6,13-14H2,1-4H3,(H,34,38)(H2,31,35,39)(H,30,32,33,36). The van der Waals surface area contributed by atoms with Gasteiger partial charge in [0.15, 0.2) is 5.65 Å². The molecule has 0 radical (unpaired) electrons. The highest BCUT2D eigenvalue weighted by atomic mass is 16.2. The predicted octanol–water partition coefficient (Wildman–Crippen LogP) is 4.76. The lowest BCUT2D eigenvalue weighted by molar-refractivity contribution is 0.102. The molecule has 0 unspecified atom stereocenters. The summed E-state index contributed by atoms with van der Waals surface area (Å²) in [6.45, 7) is 9.46. The third-order valence-electron chi connectivity index (χ3n) is 6.48. The molecule has 2 aromatic carbocycles. The number of carbonyl (C=O) groups is 2. The molecule has 10 nitrogen and oxygen atoms in total. The van der Waals surface area contributed by atoms with Gasteiger partial charge in [0.25, 0.3) is 5.91 Å². The molecule has 2 heterocycles. The first kappa shape index (κ1) is 27.5. The van der Waals surface area contributed by atoms with E-state index in [1.807, 2.05) is 25.1 Å². The number of pyridine rings is 1. The number of nitrogens with one attached hydrogen (secondary N) is 4. The molecule has 0 aliphatic heterocycles. The molecule has 0 atom stereocenters. The summed E-state index contributed by atoms with van der Waals surface area (Å²) in [7, 11) is 1.76. The first-order valence-electron chi connectivity index (χ1n) is 13.0. The van der Waals surface area contributed by atoms with Crippen molar-refractivity contribution in [3.8, 4) is 11.1 Å². The summed E-state index contributed by atoms with van der Waals surface area (Å²) in [6.07, 6.45) is 3.48. The van der Waals surface area contributed by atoms with Crippen molar-refractivity contribution in [2.24, 2.45) is 0 Å². The second-order valence-electron chi connectivity index (χ2n) is 9.05. The quantitative estimate of drug-likeness (QED) is 0.235. The summed E-state index contributed by atoms with van der Waals surface area (Å²) in [4.78, 5) is 40.6. The minimum atomic E-state index is -0.261. The van der Waals surface area contributed by atoms with E-state index in [2.05, 4.69) is 55.0 Å². The number of hydrogen-bond acceptors (Lipinski definition) is 7. The van der Waals surface area contributed by atoms with Gasteiger partial charge in [0.1, 0.15) is 0 Å². The Balaban J connectivity index is 1.40. The number of likely N-dealkylation sites (N-methyl/N-ethyl adjacent to an activating group) is 1. The maximum absolute atomic E-state index is 13.0. The largest absolute Gasteiger partial charge is 0.357 e. The van der Waals surface area contributed by atoms with Gasteiger partial charge in [-0.2, -0.15) is 4.98 Å². The van der Waals surface area contributed by atoms with E-state index < -0.39 is 0 Å². The topological polar surface area (TPSA) is 124 Å². The van der Waals surface area contributed by atoms with Crippen molar-refractivity contribution in [3.05, 3.63) is 72.1 Å². The molecule has 0 spiro atoms. The number of nitrogens with zero attached hydrogens (tertiary/aromatic N) is 4. The summed E-state index contributed by atoms with van der Waals surface area (Å²) >= 11 is 0. The third kappa shape index (κ3) is 7.05. The van der Waals surface area contributed by atoms with Crippen molar-refractivity contribution in [1.82, 2.24) is 25.2 Å². The summed E-state index contributed by atoms with van der Waals surface area (Å²) in [5.74, 6) is 0.275. The van der Waals surface area contributed by atoms with Gasteiger partial charge in [0, 0.05) is 60.4 Å². The molecule has 202 valence electrons. The van der Waals surface area contributed by atoms with E-state index in [-0.39, 0.29) is 11.9 Å². The fourth-order valence-corrected chi connectivity index (χ4v) is 4.15. The van der Waals surface area contributed by atoms with Gasteiger partial charge in [-0.15, -0.1) is 0 Å². The van der Waals surface area contributed by atoms with E-state index in [1.54, 1.807) is 49.8 Å². The van der Waals surface area contributed by atoms with E-state index in [1.165, 1.54) is 0 Å². The number of aryl methyl sites for hydroxylation is 1. The maximum atomic E-state index is 13.0. The molecule has 0 bridgehead atoms. The number of anilines is 3. The molecule has 10 heteroatoms. The van der Waals surface area contributed by atoms with Gasteiger partial charge in [0.05, 0.1) is 0 Å². The van der Waals surface area contributed by atoms with Gasteiger partial charge in [-0.1, -0.05) is 19.9 Å². The molecule has 0 aliphatic carbocycles. The van der Waals surface area contributed by atoms with Crippen molar-refractivity contribution in [2.45, 2.75) is 20.8 Å². The second-order valence-corrected chi connectivity index (χ2v) is 9.05. The monoisotopic (exact) mass is 526 g/mol. The second kappa shape index (κ2) is 12.8. The van der Waals surface area contributed by atoms with Crippen LogP contribution >= 0.6 is 0 Å². The van der Waals surface area contributed by atoms with E-state index >= 15 is 0 Å². The van der Waals surface area contributed by atoms with E-state index in [0.29, 0.717) is 35.1 Å². The zero-order valence-electron chi connectivity index (χ0n) is 22.7.